The normalized spacial score (nSPS) is 16.5. The number of fused-ring (bicyclic) bond motifs is 1. The van der Waals surface area contributed by atoms with Gasteiger partial charge in [0.05, 0.1) is 57.7 Å². The van der Waals surface area contributed by atoms with Crippen LogP contribution in [0.25, 0.3) is 11.0 Å². The lowest BCUT2D eigenvalue weighted by Crippen LogP contribution is -2.40. The average molecular weight is 670 g/mol. The number of ether oxygens (including phenoxy) is 3. The maximum atomic E-state index is 16.0. The number of pyridine rings is 1. The van der Waals surface area contributed by atoms with Crippen LogP contribution in [-0.4, -0.2) is 75.2 Å². The Labute approximate surface area is 272 Å². The van der Waals surface area contributed by atoms with Crippen molar-refractivity contribution in [3.8, 4) is 11.5 Å². The maximum Gasteiger partial charge on any atom is 0.322 e. The van der Waals surface area contributed by atoms with Crippen molar-refractivity contribution in [1.82, 2.24) is 19.2 Å². The molecule has 1 aliphatic rings. The number of urea groups is 1. The van der Waals surface area contributed by atoms with Crippen molar-refractivity contribution in [2.24, 2.45) is 0 Å². The van der Waals surface area contributed by atoms with Crippen LogP contribution >= 0.6 is 11.6 Å². The Kier molecular flexibility index (Phi) is 7.61. The van der Waals surface area contributed by atoms with Gasteiger partial charge >= 0.3 is 6.03 Å². The molecule has 5 rings (SSSR count). The molecule has 0 bridgehead atoms. The summed E-state index contributed by atoms with van der Waals surface area (Å²) in [5.41, 5.74) is -0.975. The maximum absolute atomic E-state index is 16.0. The number of hydrogen-bond donors (Lipinski definition) is 1. The first kappa shape index (κ1) is 25.2. The fourth-order valence-electron chi connectivity index (χ4n) is 4.99. The molecule has 240 valence electrons. The summed E-state index contributed by atoms with van der Waals surface area (Å²) >= 11 is 6.87. The van der Waals surface area contributed by atoms with Gasteiger partial charge in [0.1, 0.15) is 5.69 Å². The van der Waals surface area contributed by atoms with Crippen LogP contribution in [0.4, 0.5) is 19.3 Å². The molecule has 15 heteroatoms. The van der Waals surface area contributed by atoms with Crippen LogP contribution in [0.3, 0.4) is 0 Å². The number of carbonyl (C=O) groups excluding carboxylic acids is 1. The molecular weight excluding hydrogens is 632 g/mol. The van der Waals surface area contributed by atoms with E-state index in [2.05, 4.69) is 19.8 Å². The van der Waals surface area contributed by atoms with Gasteiger partial charge in [0.25, 0.3) is 10.0 Å². The summed E-state index contributed by atoms with van der Waals surface area (Å²) in [4.78, 5) is 20.3. The van der Waals surface area contributed by atoms with E-state index in [9.17, 15) is 13.2 Å². The molecule has 0 aliphatic carbocycles. The molecule has 11 nitrogen and oxygen atoms in total. The molecule has 1 saturated heterocycles. The first-order valence-corrected chi connectivity index (χ1v) is 15.5. The SMILES string of the molecule is [2H]C([2H])([2H])Oc1cc(OC([2H])([2H])[2H])c(F)c(N(Cc2cnc3c(cc(CN4CCOCC4)n3S(=O)(=O)c3ccccc3)c2Cl)C(=O)NCC)c1F. The van der Waals surface area contributed by atoms with Crippen molar-refractivity contribution in [2.45, 2.75) is 24.9 Å². The summed E-state index contributed by atoms with van der Waals surface area (Å²) in [5.74, 6) is -5.58. The van der Waals surface area contributed by atoms with Crippen molar-refractivity contribution < 1.29 is 44.4 Å². The first-order valence-electron chi connectivity index (χ1n) is 16.6. The molecule has 1 fully saturated rings. The van der Waals surface area contributed by atoms with Crippen molar-refractivity contribution in [3.05, 3.63) is 76.6 Å². The highest BCUT2D eigenvalue weighted by molar-refractivity contribution is 7.90. The van der Waals surface area contributed by atoms with E-state index in [1.807, 2.05) is 4.90 Å². The zero-order valence-electron chi connectivity index (χ0n) is 29.8. The number of morpholine rings is 1. The van der Waals surface area contributed by atoms with E-state index >= 15 is 8.78 Å². The second-order valence-corrected chi connectivity index (χ2v) is 12.1. The molecule has 0 spiro atoms. The number of anilines is 1. The van der Waals surface area contributed by atoms with Crippen LogP contribution < -0.4 is 19.7 Å². The van der Waals surface area contributed by atoms with Gasteiger partial charge in [0.15, 0.2) is 28.8 Å². The Morgan fingerprint density at radius 1 is 1.13 bits per heavy atom. The minimum absolute atomic E-state index is 0.0122. The number of aromatic nitrogens is 2. The van der Waals surface area contributed by atoms with E-state index in [-0.39, 0.29) is 39.6 Å². The summed E-state index contributed by atoms with van der Waals surface area (Å²) in [5, 5.41) is 2.42. The molecule has 0 radical (unpaired) electrons. The number of methoxy groups -OCH3 is 2. The number of benzene rings is 2. The molecule has 3 heterocycles. The molecule has 4 aromatic rings. The lowest BCUT2D eigenvalue weighted by Gasteiger charge is -2.26. The second-order valence-electron chi connectivity index (χ2n) is 9.92. The van der Waals surface area contributed by atoms with Gasteiger partial charge in [-0.25, -0.2) is 30.9 Å². The van der Waals surface area contributed by atoms with E-state index in [0.717, 1.165) is 10.2 Å². The van der Waals surface area contributed by atoms with Gasteiger partial charge in [-0.1, -0.05) is 29.8 Å². The van der Waals surface area contributed by atoms with Crippen molar-refractivity contribution in [2.75, 3.05) is 51.8 Å². The highest BCUT2D eigenvalue weighted by Gasteiger charge is 2.31. The molecule has 0 saturated carbocycles. The smallest absolute Gasteiger partial charge is 0.322 e. The van der Waals surface area contributed by atoms with E-state index < -0.39 is 65.5 Å². The van der Waals surface area contributed by atoms with E-state index in [4.69, 9.17) is 24.6 Å². The zero-order valence-corrected chi connectivity index (χ0v) is 25.4. The summed E-state index contributed by atoms with van der Waals surface area (Å²) in [7, 11) is -10.8. The van der Waals surface area contributed by atoms with Gasteiger partial charge in [-0.3, -0.25) is 9.80 Å². The molecule has 1 aliphatic heterocycles. The Hall–Kier alpha value is -3.98. The summed E-state index contributed by atoms with van der Waals surface area (Å²) in [6.45, 7) is 2.87. The van der Waals surface area contributed by atoms with Crippen LogP contribution in [0.1, 0.15) is 26.4 Å². The van der Waals surface area contributed by atoms with Crippen LogP contribution in [0.2, 0.25) is 5.02 Å². The van der Waals surface area contributed by atoms with Crippen molar-refractivity contribution in [1.29, 1.82) is 0 Å². The molecule has 0 atom stereocenters. The van der Waals surface area contributed by atoms with Crippen LogP contribution in [0.5, 0.6) is 11.5 Å². The highest BCUT2D eigenvalue weighted by Crippen LogP contribution is 2.39. The largest absolute Gasteiger partial charge is 0.493 e. The standard InChI is InChI=1S/C30H32ClF2N5O6S/c1-4-34-30(39)37(28-26(32)23(42-2)15-24(43-3)27(28)33)17-19-16-35-29-22(25(19)31)14-20(18-36-10-12-44-13-11-36)38(29)45(40,41)21-8-6-5-7-9-21/h5-9,14-16H,4,10-13,17-18H2,1-3H3,(H,34,39)/i2D3,3D3. The quantitative estimate of drug-likeness (QED) is 0.256. The fourth-order valence-corrected chi connectivity index (χ4v) is 6.74. The lowest BCUT2D eigenvalue weighted by molar-refractivity contribution is 0.0336. The van der Waals surface area contributed by atoms with Gasteiger partial charge in [-0.05, 0) is 25.1 Å². The Morgan fingerprint density at radius 3 is 2.42 bits per heavy atom. The van der Waals surface area contributed by atoms with E-state index in [1.165, 1.54) is 25.1 Å². The van der Waals surface area contributed by atoms with Crippen LogP contribution in [0, 0.1) is 11.6 Å². The molecule has 2 aromatic heterocycles. The van der Waals surface area contributed by atoms with Crippen molar-refractivity contribution >= 4 is 44.4 Å². The van der Waals surface area contributed by atoms with Gasteiger partial charge in [0, 0.05) is 49.4 Å². The number of halogens is 3. The third-order valence-electron chi connectivity index (χ3n) is 7.14. The third kappa shape index (κ3) is 6.27. The van der Waals surface area contributed by atoms with Crippen LogP contribution in [0.15, 0.2) is 53.6 Å². The Bertz CT molecular complexity index is 1990. The Balaban J connectivity index is 1.67. The van der Waals surface area contributed by atoms with Crippen LogP contribution in [-0.2, 0) is 27.8 Å². The number of nitrogens with zero attached hydrogens (tertiary/aromatic N) is 4. The minimum atomic E-state index is -4.23. The fraction of sp³-hybridized carbons (Fsp3) is 0.333. The van der Waals surface area contributed by atoms with Gasteiger partial charge in [-0.15, -0.1) is 0 Å². The third-order valence-corrected chi connectivity index (χ3v) is 9.34. The average Bonchev–Trinajstić information content (AvgIpc) is 3.43. The van der Waals surface area contributed by atoms with Gasteiger partial charge in [-0.2, -0.15) is 0 Å². The summed E-state index contributed by atoms with van der Waals surface area (Å²) in [6, 6.07) is 8.49. The minimum Gasteiger partial charge on any atom is -0.493 e. The predicted molar refractivity (Wildman–Crippen MR) is 165 cm³/mol. The second kappa shape index (κ2) is 13.6. The monoisotopic (exact) mass is 669 g/mol. The highest BCUT2D eigenvalue weighted by atomic mass is 35.5. The predicted octanol–water partition coefficient (Wildman–Crippen LogP) is 4.79. The molecular formula is C30H32ClF2N5O6S. The number of amides is 2. The number of carbonyl (C=O) groups is 1. The molecule has 45 heavy (non-hydrogen) atoms. The molecule has 2 amide bonds. The number of nitrogens with one attached hydrogen (secondary N) is 1. The lowest BCUT2D eigenvalue weighted by atomic mass is 10.1. The number of hydrogen-bond acceptors (Lipinski definition) is 8. The zero-order chi connectivity index (χ0) is 37.3. The molecule has 2 aromatic carbocycles. The molecule has 1 N–H and O–H groups in total. The van der Waals surface area contributed by atoms with Gasteiger partial charge in [0.2, 0.25) is 0 Å². The summed E-state index contributed by atoms with van der Waals surface area (Å²) < 4.78 is 120. The summed E-state index contributed by atoms with van der Waals surface area (Å²) in [6.07, 6.45) is 1.13. The van der Waals surface area contributed by atoms with E-state index in [0.29, 0.717) is 43.0 Å². The first-order chi connectivity index (χ1) is 23.9. The van der Waals surface area contributed by atoms with Gasteiger partial charge < -0.3 is 19.5 Å². The molecule has 0 unspecified atom stereocenters. The topological polar surface area (TPSA) is 115 Å². The Morgan fingerprint density at radius 2 is 1.80 bits per heavy atom. The van der Waals surface area contributed by atoms with Crippen molar-refractivity contribution in [3.63, 3.8) is 0 Å². The van der Waals surface area contributed by atoms with E-state index in [1.54, 1.807) is 18.2 Å². The number of rotatable bonds is 10.